The van der Waals surface area contributed by atoms with Crippen molar-refractivity contribution >= 4 is 11.9 Å². The molecule has 0 saturated heterocycles. The van der Waals surface area contributed by atoms with Gasteiger partial charge in [-0.1, -0.05) is 0 Å². The maximum absolute atomic E-state index is 8.84. The summed E-state index contributed by atoms with van der Waals surface area (Å²) in [4.78, 5) is 12.8. The van der Waals surface area contributed by atoms with Crippen LogP contribution in [0.15, 0.2) is 28.8 Å². The van der Waals surface area contributed by atoms with Crippen LogP contribution in [0.4, 0.5) is 11.9 Å². The molecule has 7 heteroatoms. The number of nitrogens with one attached hydrogen (secondary N) is 2. The van der Waals surface area contributed by atoms with Gasteiger partial charge in [0.2, 0.25) is 17.8 Å². The molecule has 0 fully saturated rings. The molecule has 0 aromatic carbocycles. The fourth-order valence-electron chi connectivity index (χ4n) is 0.760. The number of imidazole rings is 2. The van der Waals surface area contributed by atoms with Crippen LogP contribution in [0.1, 0.15) is 0 Å². The van der Waals surface area contributed by atoms with Crippen molar-refractivity contribution in [2.75, 3.05) is 0 Å². The van der Waals surface area contributed by atoms with E-state index in [0.717, 1.165) is 0 Å². The Hall–Kier alpha value is -2.18. The largest absolute Gasteiger partial charge is 0.492 e. The van der Waals surface area contributed by atoms with Gasteiger partial charge in [0.25, 0.3) is 0 Å². The second-order valence-electron chi connectivity index (χ2n) is 2.20. The predicted molar refractivity (Wildman–Crippen MR) is 43.0 cm³/mol. The lowest BCUT2D eigenvalue weighted by Gasteiger charge is -1.81. The van der Waals surface area contributed by atoms with Crippen LogP contribution in [0.2, 0.25) is 0 Å². The highest BCUT2D eigenvalue weighted by Gasteiger charge is 1.96. The molecule has 13 heavy (non-hydrogen) atoms. The maximum atomic E-state index is 8.84. The van der Waals surface area contributed by atoms with Crippen molar-refractivity contribution in [1.29, 1.82) is 0 Å². The summed E-state index contributed by atoms with van der Waals surface area (Å²) in [6.45, 7) is 0. The highest BCUT2D eigenvalue weighted by Crippen LogP contribution is 2.13. The Kier molecular flexibility index (Phi) is 1.75. The molecule has 0 unspecified atom stereocenters. The Bertz CT molecular complexity index is 402. The first-order valence-corrected chi connectivity index (χ1v) is 3.50. The summed E-state index contributed by atoms with van der Waals surface area (Å²) < 4.78 is 0. The fraction of sp³-hybridized carbons (Fsp3) is 0. The maximum Gasteiger partial charge on any atom is 0.250 e. The minimum absolute atomic E-state index is 0.117. The van der Waals surface area contributed by atoms with Crippen LogP contribution >= 0.6 is 0 Å². The standard InChI is InChI=1S/C6H6N6O/c13-4-3-9-6(10-4)12-11-5-7-1-2-8-5/h1-3,13H,(H,7,8)(H,9,10). The molecule has 2 aromatic rings. The average Bonchev–Trinajstić information content (AvgIpc) is 2.71. The molecule has 0 atom stereocenters. The van der Waals surface area contributed by atoms with Crippen LogP contribution in [0.5, 0.6) is 5.88 Å². The second kappa shape index (κ2) is 3.05. The second-order valence-corrected chi connectivity index (χ2v) is 2.20. The smallest absolute Gasteiger partial charge is 0.250 e. The predicted octanol–water partition coefficient (Wildman–Crippen LogP) is 1.25. The van der Waals surface area contributed by atoms with Crippen LogP contribution < -0.4 is 0 Å². The summed E-state index contributed by atoms with van der Waals surface area (Å²) in [5.41, 5.74) is 0. The molecule has 0 aliphatic carbocycles. The quantitative estimate of drug-likeness (QED) is 0.603. The summed E-state index contributed by atoms with van der Waals surface area (Å²) in [7, 11) is 0. The van der Waals surface area contributed by atoms with E-state index in [2.05, 4.69) is 30.2 Å². The summed E-state index contributed by atoms with van der Waals surface area (Å²) in [6.07, 6.45) is 4.51. The molecule has 2 aromatic heterocycles. The average molecular weight is 178 g/mol. The van der Waals surface area contributed by atoms with Gasteiger partial charge in [-0.25, -0.2) is 4.98 Å². The Balaban J connectivity index is 2.14. The van der Waals surface area contributed by atoms with Crippen molar-refractivity contribution in [2.45, 2.75) is 0 Å². The van der Waals surface area contributed by atoms with Gasteiger partial charge in [0.15, 0.2) is 0 Å². The van der Waals surface area contributed by atoms with Gasteiger partial charge in [0, 0.05) is 12.4 Å². The third-order valence-electron chi connectivity index (χ3n) is 1.27. The van der Waals surface area contributed by atoms with Crippen molar-refractivity contribution in [3.8, 4) is 5.88 Å². The number of aromatic amines is 2. The number of azo groups is 1. The molecular formula is C6H6N6O. The molecule has 7 nitrogen and oxygen atoms in total. The molecule has 66 valence electrons. The van der Waals surface area contributed by atoms with Crippen molar-refractivity contribution in [2.24, 2.45) is 10.2 Å². The van der Waals surface area contributed by atoms with E-state index >= 15 is 0 Å². The van der Waals surface area contributed by atoms with Gasteiger partial charge >= 0.3 is 0 Å². The van der Waals surface area contributed by atoms with Crippen LogP contribution in [-0.4, -0.2) is 25.0 Å². The molecule has 0 bridgehead atoms. The zero-order valence-corrected chi connectivity index (χ0v) is 6.47. The van der Waals surface area contributed by atoms with Crippen molar-refractivity contribution < 1.29 is 5.11 Å². The first-order chi connectivity index (χ1) is 6.34. The SMILES string of the molecule is Oc1c[nH]c(N=Nc2ncc[nH]2)n1. The zero-order valence-electron chi connectivity index (χ0n) is 6.47. The van der Waals surface area contributed by atoms with Crippen molar-refractivity contribution in [3.63, 3.8) is 0 Å². The Morgan fingerprint density at radius 1 is 1.23 bits per heavy atom. The lowest BCUT2D eigenvalue weighted by atomic mass is 10.9. The summed E-state index contributed by atoms with van der Waals surface area (Å²) in [6, 6.07) is 0. The number of nitrogens with zero attached hydrogens (tertiary/aromatic N) is 4. The first kappa shape index (κ1) is 7.47. The highest BCUT2D eigenvalue weighted by atomic mass is 16.3. The normalized spacial score (nSPS) is 11.1. The minimum Gasteiger partial charge on any atom is -0.492 e. The number of aromatic nitrogens is 4. The topological polar surface area (TPSA) is 102 Å². The van der Waals surface area contributed by atoms with Crippen molar-refractivity contribution in [3.05, 3.63) is 18.6 Å². The van der Waals surface area contributed by atoms with E-state index in [0.29, 0.717) is 5.95 Å². The van der Waals surface area contributed by atoms with E-state index in [9.17, 15) is 0 Å². The van der Waals surface area contributed by atoms with E-state index < -0.39 is 0 Å². The van der Waals surface area contributed by atoms with Gasteiger partial charge in [-0.3, -0.25) is 0 Å². The van der Waals surface area contributed by atoms with Crippen molar-refractivity contribution in [1.82, 2.24) is 19.9 Å². The van der Waals surface area contributed by atoms with Gasteiger partial charge in [0.1, 0.15) is 0 Å². The fourth-order valence-corrected chi connectivity index (χ4v) is 0.760. The van der Waals surface area contributed by atoms with Gasteiger partial charge in [-0.05, 0) is 0 Å². The van der Waals surface area contributed by atoms with Crippen LogP contribution in [0.3, 0.4) is 0 Å². The molecule has 0 aliphatic heterocycles. The van der Waals surface area contributed by atoms with Crippen LogP contribution in [0, 0.1) is 0 Å². The molecule has 3 N–H and O–H groups in total. The Labute approximate surface area is 72.6 Å². The molecule has 2 heterocycles. The zero-order chi connectivity index (χ0) is 9.10. The van der Waals surface area contributed by atoms with Gasteiger partial charge in [-0.15, -0.1) is 10.2 Å². The van der Waals surface area contributed by atoms with E-state index in [-0.39, 0.29) is 11.8 Å². The van der Waals surface area contributed by atoms with Gasteiger partial charge < -0.3 is 15.1 Å². The van der Waals surface area contributed by atoms with Gasteiger partial charge in [-0.2, -0.15) is 4.98 Å². The molecule has 0 aliphatic rings. The lowest BCUT2D eigenvalue weighted by Crippen LogP contribution is -1.66. The molecule has 0 saturated carbocycles. The summed E-state index contributed by atoms with van der Waals surface area (Å²) in [5, 5.41) is 16.2. The third-order valence-corrected chi connectivity index (χ3v) is 1.27. The van der Waals surface area contributed by atoms with E-state index in [4.69, 9.17) is 5.11 Å². The van der Waals surface area contributed by atoms with E-state index in [1.165, 1.54) is 6.20 Å². The van der Waals surface area contributed by atoms with Gasteiger partial charge in [0.05, 0.1) is 6.20 Å². The van der Waals surface area contributed by atoms with E-state index in [1.54, 1.807) is 12.4 Å². The monoisotopic (exact) mass is 178 g/mol. The number of rotatable bonds is 2. The lowest BCUT2D eigenvalue weighted by molar-refractivity contribution is 0.457. The highest BCUT2D eigenvalue weighted by molar-refractivity contribution is 5.21. The minimum atomic E-state index is -0.117. The summed E-state index contributed by atoms with van der Waals surface area (Å²) >= 11 is 0. The number of hydrogen-bond donors (Lipinski definition) is 3. The number of H-pyrrole nitrogens is 2. The Morgan fingerprint density at radius 3 is 2.69 bits per heavy atom. The molecule has 0 radical (unpaired) electrons. The number of aromatic hydroxyl groups is 1. The third kappa shape index (κ3) is 1.70. The number of hydrogen-bond acceptors (Lipinski definition) is 5. The van der Waals surface area contributed by atoms with E-state index in [1.807, 2.05) is 0 Å². The van der Waals surface area contributed by atoms with Crippen LogP contribution in [0.25, 0.3) is 0 Å². The molecule has 2 rings (SSSR count). The van der Waals surface area contributed by atoms with Crippen LogP contribution in [-0.2, 0) is 0 Å². The first-order valence-electron chi connectivity index (χ1n) is 3.50. The molecular weight excluding hydrogens is 172 g/mol. The summed E-state index contributed by atoms with van der Waals surface area (Å²) in [5.74, 6) is 0.498. The molecule has 0 spiro atoms. The molecule has 0 amide bonds. The Morgan fingerprint density at radius 2 is 2.08 bits per heavy atom.